The minimum atomic E-state index is -4.98. The molecule has 3 aliphatic heterocycles. The molecule has 5 nitrogen and oxygen atoms in total. The molecule has 0 radical (unpaired) electrons. The Morgan fingerprint density at radius 1 is 1.10 bits per heavy atom. The summed E-state index contributed by atoms with van der Waals surface area (Å²) in [7, 11) is 0. The van der Waals surface area contributed by atoms with E-state index in [4.69, 9.17) is 12.2 Å². The molecule has 6 rings (SSSR count). The Morgan fingerprint density at radius 2 is 1.80 bits per heavy atom. The van der Waals surface area contributed by atoms with Crippen LogP contribution < -0.4 is 10.6 Å². The second-order valence-corrected chi connectivity index (χ2v) is 10.9. The van der Waals surface area contributed by atoms with Gasteiger partial charge in [-0.15, -0.1) is 6.58 Å². The molecule has 2 bridgehead atoms. The zero-order chi connectivity index (χ0) is 29.5. The molecule has 0 aliphatic carbocycles. The predicted octanol–water partition coefficient (Wildman–Crippen LogP) is 6.69. The van der Waals surface area contributed by atoms with Crippen molar-refractivity contribution < 1.29 is 31.4 Å². The van der Waals surface area contributed by atoms with Crippen molar-refractivity contribution in [2.24, 2.45) is 11.8 Å². The van der Waals surface area contributed by atoms with Crippen LogP contribution in [0.1, 0.15) is 41.1 Å². The summed E-state index contributed by atoms with van der Waals surface area (Å²) in [5, 5.41) is 16.2. The molecule has 0 saturated carbocycles. The van der Waals surface area contributed by atoms with E-state index in [-0.39, 0.29) is 23.8 Å². The number of aliphatic hydroxyl groups is 1. The Bertz CT molecular complexity index is 1430. The Labute approximate surface area is 238 Å². The molecule has 2 aromatic carbocycles. The van der Waals surface area contributed by atoms with Gasteiger partial charge >= 0.3 is 12.4 Å². The summed E-state index contributed by atoms with van der Waals surface area (Å²) in [5.41, 5.74) is -1.14. The molecule has 3 fully saturated rings. The number of aliphatic hydroxyl groups excluding tert-OH is 1. The molecule has 1 aromatic heterocycles. The number of nitrogens with zero attached hydrogens (tertiary/aromatic N) is 2. The number of benzene rings is 2. The van der Waals surface area contributed by atoms with Gasteiger partial charge < -0.3 is 15.7 Å². The minimum Gasteiger partial charge on any atom is -0.392 e. The van der Waals surface area contributed by atoms with Crippen molar-refractivity contribution in [1.29, 1.82) is 0 Å². The van der Waals surface area contributed by atoms with Crippen LogP contribution in [0.5, 0.6) is 0 Å². The van der Waals surface area contributed by atoms with Crippen LogP contribution in [0.2, 0.25) is 0 Å². The number of hydrogen-bond donors (Lipinski definition) is 3. The van der Waals surface area contributed by atoms with E-state index >= 15 is 0 Å². The Hall–Kier alpha value is -3.22. The molecule has 0 amide bonds. The van der Waals surface area contributed by atoms with Gasteiger partial charge in [-0.2, -0.15) is 26.3 Å². The number of hydrogen-bond acceptors (Lipinski definition) is 4. The highest BCUT2D eigenvalue weighted by atomic mass is 32.1. The number of piperidine rings is 3. The molecule has 3 aliphatic rings. The van der Waals surface area contributed by atoms with Crippen LogP contribution in [0.15, 0.2) is 61.3 Å². The number of halogens is 6. The zero-order valence-electron chi connectivity index (χ0n) is 21.8. The number of rotatable bonds is 6. The van der Waals surface area contributed by atoms with Crippen molar-refractivity contribution in [3.63, 3.8) is 0 Å². The van der Waals surface area contributed by atoms with Gasteiger partial charge in [-0.05, 0) is 91.0 Å². The maximum Gasteiger partial charge on any atom is 0.416 e. The molecule has 3 aromatic rings. The highest BCUT2D eigenvalue weighted by molar-refractivity contribution is 7.80. The molecular weight excluding hydrogens is 566 g/mol. The highest BCUT2D eigenvalue weighted by Gasteiger charge is 2.43. The van der Waals surface area contributed by atoms with E-state index in [1.54, 1.807) is 18.3 Å². The molecule has 12 heteroatoms. The van der Waals surface area contributed by atoms with Crippen molar-refractivity contribution in [2.75, 3.05) is 18.4 Å². The summed E-state index contributed by atoms with van der Waals surface area (Å²) in [5.74, 6) is 0.707. The summed E-state index contributed by atoms with van der Waals surface area (Å²) >= 11 is 5.48. The first-order valence-electron chi connectivity index (χ1n) is 13.1. The number of thiocarbonyl (C=S) groups is 1. The van der Waals surface area contributed by atoms with E-state index < -0.39 is 35.2 Å². The van der Waals surface area contributed by atoms with Gasteiger partial charge in [0, 0.05) is 29.9 Å². The summed E-state index contributed by atoms with van der Waals surface area (Å²) in [6, 6.07) is 7.95. The SMILES string of the molecule is C=CC1CN2CCC1CC2[C@@H](NC(=S)Nc1cc(C(F)(F)F)cc(C(F)(F)F)c1)c1ccnc2ccc(CO)cc12. The third-order valence-corrected chi connectivity index (χ3v) is 8.25. The Balaban J connectivity index is 1.51. The fourth-order valence-electron chi connectivity index (χ4n) is 6.02. The standard InChI is InChI=1S/C29H28F6N4OS/c1-2-17-14-39-8-6-18(17)10-25(39)26(22-5-7-36-24-4-3-16(15-40)9-23(22)24)38-27(41)37-21-12-19(28(30,31)32)11-20(13-21)29(33,34)35/h2-5,7,9,11-13,17-18,25-26,40H,1,6,8,10,14-15H2,(H2,37,38,41)/t17?,18?,25?,26-/m0/s1. The minimum absolute atomic E-state index is 0.0691. The van der Waals surface area contributed by atoms with Gasteiger partial charge in [0.05, 0.1) is 29.3 Å². The topological polar surface area (TPSA) is 60.4 Å². The highest BCUT2D eigenvalue weighted by Crippen LogP contribution is 2.42. The molecule has 41 heavy (non-hydrogen) atoms. The average Bonchev–Trinajstić information content (AvgIpc) is 2.94. The van der Waals surface area contributed by atoms with Gasteiger partial charge in [0.25, 0.3) is 0 Å². The van der Waals surface area contributed by atoms with Crippen molar-refractivity contribution in [3.05, 3.63) is 83.6 Å². The van der Waals surface area contributed by atoms with Crippen LogP contribution in [0.3, 0.4) is 0 Å². The number of anilines is 1. The first-order chi connectivity index (χ1) is 19.4. The summed E-state index contributed by atoms with van der Waals surface area (Å²) in [4.78, 5) is 6.75. The van der Waals surface area contributed by atoms with Gasteiger partial charge in [0.2, 0.25) is 0 Å². The van der Waals surface area contributed by atoms with Crippen LogP contribution in [0.25, 0.3) is 10.9 Å². The van der Waals surface area contributed by atoms with Gasteiger partial charge in [0.15, 0.2) is 5.11 Å². The number of pyridine rings is 1. The first-order valence-corrected chi connectivity index (χ1v) is 13.5. The molecule has 3 N–H and O–H groups in total. The maximum absolute atomic E-state index is 13.4. The quantitative estimate of drug-likeness (QED) is 0.168. The van der Waals surface area contributed by atoms with E-state index in [1.807, 2.05) is 18.2 Å². The van der Waals surface area contributed by atoms with E-state index in [1.165, 1.54) is 0 Å². The number of alkyl halides is 6. The predicted molar refractivity (Wildman–Crippen MR) is 148 cm³/mol. The van der Waals surface area contributed by atoms with E-state index in [9.17, 15) is 31.4 Å². The van der Waals surface area contributed by atoms with Gasteiger partial charge in [-0.3, -0.25) is 9.88 Å². The van der Waals surface area contributed by atoms with Crippen LogP contribution >= 0.6 is 12.2 Å². The van der Waals surface area contributed by atoms with E-state index in [2.05, 4.69) is 27.1 Å². The normalized spacial score (nSPS) is 23.3. The number of nitrogens with one attached hydrogen (secondary N) is 2. The van der Waals surface area contributed by atoms with Crippen molar-refractivity contribution in [1.82, 2.24) is 15.2 Å². The van der Waals surface area contributed by atoms with Crippen molar-refractivity contribution in [2.45, 2.75) is 43.9 Å². The lowest BCUT2D eigenvalue weighted by Gasteiger charge is -2.52. The van der Waals surface area contributed by atoms with E-state index in [0.29, 0.717) is 35.0 Å². The molecule has 4 heterocycles. The summed E-state index contributed by atoms with van der Waals surface area (Å²) < 4.78 is 80.6. The third-order valence-electron chi connectivity index (χ3n) is 8.03. The largest absolute Gasteiger partial charge is 0.416 e. The first kappa shape index (κ1) is 29.3. The fourth-order valence-corrected chi connectivity index (χ4v) is 6.27. The number of fused-ring (bicyclic) bond motifs is 4. The van der Waals surface area contributed by atoms with Gasteiger partial charge in [-0.25, -0.2) is 0 Å². The summed E-state index contributed by atoms with van der Waals surface area (Å²) in [6.07, 6.45) is -4.56. The maximum atomic E-state index is 13.4. The Morgan fingerprint density at radius 3 is 2.39 bits per heavy atom. The monoisotopic (exact) mass is 594 g/mol. The molecule has 3 saturated heterocycles. The Kier molecular flexibility index (Phi) is 8.01. The van der Waals surface area contributed by atoms with Crippen molar-refractivity contribution in [3.8, 4) is 0 Å². The lowest BCUT2D eigenvalue weighted by molar-refractivity contribution is -0.143. The van der Waals surface area contributed by atoms with Crippen LogP contribution in [0, 0.1) is 11.8 Å². The van der Waals surface area contributed by atoms with Crippen molar-refractivity contribution >= 4 is 33.9 Å². The molecular formula is C29H28F6N4OS. The molecule has 4 unspecified atom stereocenters. The van der Waals surface area contributed by atoms with Crippen LogP contribution in [0.4, 0.5) is 32.0 Å². The second-order valence-electron chi connectivity index (χ2n) is 10.5. The average molecular weight is 595 g/mol. The second kappa shape index (κ2) is 11.2. The third kappa shape index (κ3) is 6.19. The van der Waals surface area contributed by atoms with Gasteiger partial charge in [0.1, 0.15) is 0 Å². The lowest BCUT2D eigenvalue weighted by atomic mass is 9.73. The lowest BCUT2D eigenvalue weighted by Crippen LogP contribution is -2.57. The van der Waals surface area contributed by atoms with E-state index in [0.717, 1.165) is 36.9 Å². The van der Waals surface area contributed by atoms with Gasteiger partial charge in [-0.1, -0.05) is 12.1 Å². The smallest absolute Gasteiger partial charge is 0.392 e. The number of aromatic nitrogens is 1. The van der Waals surface area contributed by atoms with Crippen LogP contribution in [-0.2, 0) is 19.0 Å². The molecule has 5 atom stereocenters. The zero-order valence-corrected chi connectivity index (χ0v) is 22.6. The fraction of sp³-hybridized carbons (Fsp3) is 0.379. The molecule has 0 spiro atoms. The summed E-state index contributed by atoms with van der Waals surface area (Å²) in [6.45, 7) is 5.41. The van der Waals surface area contributed by atoms with Crippen LogP contribution in [-0.4, -0.2) is 39.2 Å². The molecule has 218 valence electrons.